The minimum absolute atomic E-state index is 0.279. The van der Waals surface area contributed by atoms with Gasteiger partial charge in [0.25, 0.3) is 0 Å². The molecule has 1 aromatic carbocycles. The molecule has 0 spiro atoms. The van der Waals surface area contributed by atoms with Gasteiger partial charge in [0.1, 0.15) is 0 Å². The maximum atomic E-state index is 11.1. The number of amides is 1. The first-order valence-corrected chi connectivity index (χ1v) is 7.46. The molecule has 0 aromatic heterocycles. The molecule has 0 fully saturated rings. The molecule has 0 aliphatic carbocycles. The predicted octanol–water partition coefficient (Wildman–Crippen LogP) is -0.812. The fraction of sp³-hybridized carbons (Fsp3) is 0.333. The molecule has 23 heavy (non-hydrogen) atoms. The van der Waals surface area contributed by atoms with Crippen molar-refractivity contribution in [3.8, 4) is 0 Å². The van der Waals surface area contributed by atoms with E-state index in [1.165, 1.54) is 0 Å². The molecule has 1 aromatic rings. The summed E-state index contributed by atoms with van der Waals surface area (Å²) in [5.41, 5.74) is 13.5. The number of hydrogen-bond donors (Lipinski definition) is 5. The molecule has 8 heteroatoms. The number of nitrogens with zero attached hydrogens (tertiary/aromatic N) is 2. The summed E-state index contributed by atoms with van der Waals surface area (Å²) in [6.07, 6.45) is 0. The largest absolute Gasteiger partial charge is 0.383 e. The maximum Gasteiger partial charge on any atom is 0.248 e. The number of anilines is 1. The zero-order valence-corrected chi connectivity index (χ0v) is 13.0. The summed E-state index contributed by atoms with van der Waals surface area (Å²) in [7, 11) is 2.05. The van der Waals surface area contributed by atoms with E-state index in [1.54, 1.807) is 12.1 Å². The molecular weight excluding hydrogens is 294 g/mol. The number of benzene rings is 1. The van der Waals surface area contributed by atoms with Crippen molar-refractivity contribution in [2.24, 2.45) is 16.5 Å². The molecule has 0 unspecified atom stereocenters. The molecule has 1 amide bonds. The van der Waals surface area contributed by atoms with Crippen LogP contribution in [-0.4, -0.2) is 49.5 Å². The zero-order valence-electron chi connectivity index (χ0n) is 13.0. The second-order valence-corrected chi connectivity index (χ2v) is 5.61. The zero-order chi connectivity index (χ0) is 16.4. The Morgan fingerprint density at radius 1 is 1.39 bits per heavy atom. The van der Waals surface area contributed by atoms with Gasteiger partial charge in [-0.2, -0.15) is 4.99 Å². The van der Waals surface area contributed by atoms with Crippen molar-refractivity contribution in [1.82, 2.24) is 15.5 Å². The molecule has 3 rings (SSSR count). The van der Waals surface area contributed by atoms with Crippen LogP contribution in [0.3, 0.4) is 0 Å². The topological polar surface area (TPSA) is 121 Å². The lowest BCUT2D eigenvalue weighted by Gasteiger charge is -2.39. The van der Waals surface area contributed by atoms with Crippen molar-refractivity contribution in [1.29, 1.82) is 0 Å². The number of carbonyl (C=O) groups excluding carboxylic acids is 1. The van der Waals surface area contributed by atoms with E-state index in [-0.39, 0.29) is 6.04 Å². The highest BCUT2D eigenvalue weighted by molar-refractivity contribution is 5.93. The number of likely N-dealkylation sites (N-methyl/N-ethyl adjacent to an activating group) is 1. The quantitative estimate of drug-likeness (QED) is 0.495. The van der Waals surface area contributed by atoms with Crippen LogP contribution < -0.4 is 27.4 Å². The van der Waals surface area contributed by atoms with E-state index < -0.39 is 5.91 Å². The number of hydrogen-bond acceptors (Lipinski definition) is 7. The van der Waals surface area contributed by atoms with E-state index in [2.05, 4.69) is 32.9 Å². The minimum atomic E-state index is -0.420. The maximum absolute atomic E-state index is 11.1. The molecule has 0 saturated carbocycles. The van der Waals surface area contributed by atoms with E-state index in [4.69, 9.17) is 11.5 Å². The first-order valence-electron chi connectivity index (χ1n) is 7.46. The lowest BCUT2D eigenvalue weighted by molar-refractivity contribution is 0.100. The van der Waals surface area contributed by atoms with Gasteiger partial charge in [0.15, 0.2) is 11.8 Å². The van der Waals surface area contributed by atoms with E-state index in [0.29, 0.717) is 18.1 Å². The van der Waals surface area contributed by atoms with Crippen molar-refractivity contribution in [3.05, 3.63) is 41.3 Å². The van der Waals surface area contributed by atoms with Crippen LogP contribution in [0.5, 0.6) is 0 Å². The third kappa shape index (κ3) is 3.15. The highest BCUT2D eigenvalue weighted by Gasteiger charge is 2.27. The van der Waals surface area contributed by atoms with Crippen molar-refractivity contribution in [2.75, 3.05) is 32.0 Å². The Labute approximate surface area is 134 Å². The summed E-state index contributed by atoms with van der Waals surface area (Å²) in [6, 6.07) is 7.43. The van der Waals surface area contributed by atoms with Crippen LogP contribution in [0.1, 0.15) is 10.4 Å². The molecule has 1 atom stereocenters. The van der Waals surface area contributed by atoms with Crippen LogP contribution in [0, 0.1) is 0 Å². The normalized spacial score (nSPS) is 20.1. The number of carbonyl (C=O) groups is 1. The van der Waals surface area contributed by atoms with Crippen molar-refractivity contribution >= 4 is 17.6 Å². The van der Waals surface area contributed by atoms with E-state index >= 15 is 0 Å². The number of guanidine groups is 1. The predicted molar refractivity (Wildman–Crippen MR) is 89.7 cm³/mol. The Bertz CT molecular complexity index is 665. The number of rotatable bonds is 4. The summed E-state index contributed by atoms with van der Waals surface area (Å²) in [5, 5.41) is 9.75. The van der Waals surface area contributed by atoms with Gasteiger partial charge >= 0.3 is 0 Å². The lowest BCUT2D eigenvalue weighted by atomic mass is 10.1. The van der Waals surface area contributed by atoms with Gasteiger partial charge in [-0.05, 0) is 24.3 Å². The Morgan fingerprint density at radius 2 is 2.13 bits per heavy atom. The van der Waals surface area contributed by atoms with Gasteiger partial charge in [-0.1, -0.05) is 0 Å². The second-order valence-electron chi connectivity index (χ2n) is 5.61. The van der Waals surface area contributed by atoms with Crippen LogP contribution in [-0.2, 0) is 0 Å². The molecule has 7 N–H and O–H groups in total. The average molecular weight is 315 g/mol. The van der Waals surface area contributed by atoms with Gasteiger partial charge in [0, 0.05) is 31.4 Å². The summed E-state index contributed by atoms with van der Waals surface area (Å²) in [5.74, 6) is 0.860. The summed E-state index contributed by atoms with van der Waals surface area (Å²) >= 11 is 0. The van der Waals surface area contributed by atoms with E-state index in [1.807, 2.05) is 12.1 Å². The molecule has 8 nitrogen and oxygen atoms in total. The fourth-order valence-electron chi connectivity index (χ4n) is 2.68. The highest BCUT2D eigenvalue weighted by Crippen LogP contribution is 2.19. The summed E-state index contributed by atoms with van der Waals surface area (Å²) < 4.78 is 0. The third-order valence-corrected chi connectivity index (χ3v) is 4.13. The smallest absolute Gasteiger partial charge is 0.248 e. The van der Waals surface area contributed by atoms with Gasteiger partial charge in [-0.25, -0.2) is 0 Å². The molecule has 2 aliphatic heterocycles. The van der Waals surface area contributed by atoms with Gasteiger partial charge in [0.2, 0.25) is 5.91 Å². The van der Waals surface area contributed by atoms with Crippen molar-refractivity contribution in [2.45, 2.75) is 6.04 Å². The first-order chi connectivity index (χ1) is 11.0. The standard InChI is InChI=1S/C15H21N7O/c1-22-11(7-19-14-12(22)8-20-15(17)21-14)6-18-10-4-2-9(3-5-10)13(16)23/h2-5,11,18-19H,6-8H2,1H3,(H2,16,23)(H3,17,20,21)/t11-/m1/s1. The Morgan fingerprint density at radius 3 is 2.83 bits per heavy atom. The van der Waals surface area contributed by atoms with Crippen LogP contribution in [0.2, 0.25) is 0 Å². The molecule has 2 heterocycles. The van der Waals surface area contributed by atoms with E-state index in [9.17, 15) is 4.79 Å². The first kappa shape index (κ1) is 15.0. The molecule has 0 radical (unpaired) electrons. The van der Waals surface area contributed by atoms with Crippen LogP contribution in [0.15, 0.2) is 40.8 Å². The Hall–Kier alpha value is -2.90. The Kier molecular flexibility index (Phi) is 3.96. The monoisotopic (exact) mass is 315 g/mol. The van der Waals surface area contributed by atoms with Crippen LogP contribution >= 0.6 is 0 Å². The average Bonchev–Trinajstić information content (AvgIpc) is 2.54. The van der Waals surface area contributed by atoms with Crippen LogP contribution in [0.25, 0.3) is 0 Å². The number of nitrogens with one attached hydrogen (secondary N) is 3. The molecular formula is C15H21N7O. The molecule has 2 aliphatic rings. The van der Waals surface area contributed by atoms with Crippen molar-refractivity contribution in [3.63, 3.8) is 0 Å². The minimum Gasteiger partial charge on any atom is -0.383 e. The summed E-state index contributed by atoms with van der Waals surface area (Å²) in [6.45, 7) is 2.20. The van der Waals surface area contributed by atoms with Gasteiger partial charge < -0.3 is 32.3 Å². The number of aliphatic imine (C=N–C) groups is 1. The van der Waals surface area contributed by atoms with Gasteiger partial charge in [-0.15, -0.1) is 0 Å². The van der Waals surface area contributed by atoms with Crippen LogP contribution in [0.4, 0.5) is 5.69 Å². The third-order valence-electron chi connectivity index (χ3n) is 4.13. The lowest BCUT2D eigenvalue weighted by Crippen LogP contribution is -2.53. The fourth-order valence-corrected chi connectivity index (χ4v) is 2.68. The van der Waals surface area contributed by atoms with Gasteiger partial charge in [0.05, 0.1) is 18.3 Å². The number of primary amides is 1. The summed E-state index contributed by atoms with van der Waals surface area (Å²) in [4.78, 5) is 17.6. The molecule has 0 bridgehead atoms. The number of nitrogens with two attached hydrogens (primary N) is 2. The molecule has 122 valence electrons. The second kappa shape index (κ2) is 6.07. The molecule has 0 saturated heterocycles. The van der Waals surface area contributed by atoms with Crippen molar-refractivity contribution < 1.29 is 4.79 Å². The highest BCUT2D eigenvalue weighted by atomic mass is 16.1. The van der Waals surface area contributed by atoms with E-state index in [0.717, 1.165) is 30.3 Å². The SMILES string of the molecule is CN1C2=C(N=C(N)NC2)NC[C@H]1CNc1ccc(C(N)=O)cc1. The van der Waals surface area contributed by atoms with Gasteiger partial charge in [-0.3, -0.25) is 4.79 Å². The Balaban J connectivity index is 1.62.